The Morgan fingerprint density at radius 2 is 1.88 bits per heavy atom. The summed E-state index contributed by atoms with van der Waals surface area (Å²) in [5.41, 5.74) is 1.32. The number of hydrogen-bond acceptors (Lipinski definition) is 6. The molecule has 0 fully saturated rings. The van der Waals surface area contributed by atoms with E-state index in [1.165, 1.54) is 22.3 Å². The normalized spacial score (nSPS) is 14.7. The number of benzene rings is 2. The zero-order valence-corrected chi connectivity index (χ0v) is 15.3. The molecule has 0 aliphatic carbocycles. The van der Waals surface area contributed by atoms with Crippen molar-refractivity contribution in [1.82, 2.24) is 9.88 Å². The first-order valence-electron chi connectivity index (χ1n) is 7.75. The van der Waals surface area contributed by atoms with Crippen molar-refractivity contribution in [2.45, 2.75) is 4.90 Å². The summed E-state index contributed by atoms with van der Waals surface area (Å²) in [5.74, 6) is -0.0314. The Balaban J connectivity index is 1.51. The smallest absolute Gasteiger partial charge is 0.285 e. The standard InChI is InChI=1S/C17H14N4O3S2/c1-21(16-11-6-2-5-9-14(11)26(23,24)20-16)10-15(22)19-17-18-12-7-3-4-8-13(12)25-17/h2-9H,10H2,1H3,(H,18,19,22). The number of nitrogens with zero attached hydrogens (tertiary/aromatic N) is 3. The number of likely N-dealkylation sites (N-methyl/N-ethyl adjacent to an activating group) is 1. The Bertz CT molecular complexity index is 1120. The lowest BCUT2D eigenvalue weighted by Gasteiger charge is -2.17. The number of hydrogen-bond donors (Lipinski definition) is 1. The molecule has 7 nitrogen and oxygen atoms in total. The fourth-order valence-corrected chi connectivity index (χ4v) is 4.87. The molecule has 0 saturated heterocycles. The minimum absolute atomic E-state index is 0.0430. The van der Waals surface area contributed by atoms with Gasteiger partial charge in [-0.15, -0.1) is 4.40 Å². The van der Waals surface area contributed by atoms with Crippen molar-refractivity contribution >= 4 is 48.5 Å². The third-order valence-corrected chi connectivity index (χ3v) is 6.17. The van der Waals surface area contributed by atoms with Gasteiger partial charge in [-0.25, -0.2) is 4.98 Å². The number of amides is 1. The van der Waals surface area contributed by atoms with Crippen LogP contribution in [0.2, 0.25) is 0 Å². The molecule has 9 heteroatoms. The number of sulfonamides is 1. The number of anilines is 1. The number of rotatable bonds is 3. The SMILES string of the molecule is CN(CC(=O)Nc1nc2ccccc2s1)C1=NS(=O)(=O)c2ccccc21. The molecule has 1 amide bonds. The number of aromatic nitrogens is 1. The van der Waals surface area contributed by atoms with Crippen molar-refractivity contribution in [2.24, 2.45) is 4.40 Å². The van der Waals surface area contributed by atoms with E-state index in [1.54, 1.807) is 25.2 Å². The molecule has 3 aromatic rings. The summed E-state index contributed by atoms with van der Waals surface area (Å²) < 4.78 is 29.0. The second-order valence-electron chi connectivity index (χ2n) is 5.78. The average molecular weight is 386 g/mol. The first-order valence-corrected chi connectivity index (χ1v) is 10.0. The second-order valence-corrected chi connectivity index (χ2v) is 8.38. The largest absolute Gasteiger partial charge is 0.349 e. The predicted octanol–water partition coefficient (Wildman–Crippen LogP) is 2.32. The first-order chi connectivity index (χ1) is 12.4. The van der Waals surface area contributed by atoms with Crippen molar-refractivity contribution in [1.29, 1.82) is 0 Å². The maximum atomic E-state index is 12.3. The molecular formula is C17H14N4O3S2. The highest BCUT2D eigenvalue weighted by Crippen LogP contribution is 2.27. The van der Waals surface area contributed by atoms with Crippen LogP contribution in [0.5, 0.6) is 0 Å². The van der Waals surface area contributed by atoms with Crippen molar-refractivity contribution in [3.63, 3.8) is 0 Å². The lowest BCUT2D eigenvalue weighted by atomic mass is 10.2. The monoisotopic (exact) mass is 386 g/mol. The van der Waals surface area contributed by atoms with Crippen LogP contribution < -0.4 is 5.32 Å². The second kappa shape index (κ2) is 6.19. The highest BCUT2D eigenvalue weighted by molar-refractivity contribution is 7.90. The molecule has 1 aliphatic heterocycles. The van der Waals surface area contributed by atoms with Crippen LogP contribution in [0.25, 0.3) is 10.2 Å². The van der Waals surface area contributed by atoms with Crippen LogP contribution in [0.15, 0.2) is 57.8 Å². The van der Waals surface area contributed by atoms with E-state index in [0.717, 1.165) is 10.2 Å². The van der Waals surface area contributed by atoms with Gasteiger partial charge in [0.2, 0.25) is 5.91 Å². The highest BCUT2D eigenvalue weighted by atomic mass is 32.2. The predicted molar refractivity (Wildman–Crippen MR) is 101 cm³/mol. The molecule has 0 spiro atoms. The molecule has 0 atom stereocenters. The van der Waals surface area contributed by atoms with E-state index in [9.17, 15) is 13.2 Å². The lowest BCUT2D eigenvalue weighted by molar-refractivity contribution is -0.116. The quantitative estimate of drug-likeness (QED) is 0.746. The van der Waals surface area contributed by atoms with Gasteiger partial charge in [0.05, 0.1) is 16.8 Å². The Morgan fingerprint density at radius 1 is 1.15 bits per heavy atom. The van der Waals surface area contributed by atoms with Crippen LogP contribution in [0.4, 0.5) is 5.13 Å². The van der Waals surface area contributed by atoms with Gasteiger partial charge in [-0.3, -0.25) is 4.79 Å². The number of nitrogens with one attached hydrogen (secondary N) is 1. The summed E-state index contributed by atoms with van der Waals surface area (Å²) in [6.07, 6.45) is 0. The fourth-order valence-electron chi connectivity index (χ4n) is 2.74. The van der Waals surface area contributed by atoms with E-state index in [2.05, 4.69) is 14.7 Å². The molecule has 0 saturated carbocycles. The molecule has 1 N–H and O–H groups in total. The van der Waals surface area contributed by atoms with Crippen LogP contribution in [-0.2, 0) is 14.8 Å². The third kappa shape index (κ3) is 2.95. The van der Waals surface area contributed by atoms with Crippen molar-refractivity contribution in [2.75, 3.05) is 18.9 Å². The molecule has 132 valence electrons. The summed E-state index contributed by atoms with van der Waals surface area (Å²) in [7, 11) is -2.07. The summed E-state index contributed by atoms with van der Waals surface area (Å²) in [6.45, 7) is -0.0430. The van der Waals surface area contributed by atoms with E-state index >= 15 is 0 Å². The van der Waals surface area contributed by atoms with Gasteiger partial charge in [-0.2, -0.15) is 8.42 Å². The zero-order valence-electron chi connectivity index (χ0n) is 13.7. The number of carbonyl (C=O) groups is 1. The maximum Gasteiger partial charge on any atom is 0.285 e. The van der Waals surface area contributed by atoms with Crippen LogP contribution in [0.3, 0.4) is 0 Å². The molecular weight excluding hydrogens is 372 g/mol. The summed E-state index contributed by atoms with van der Waals surface area (Å²) in [4.78, 5) is 18.4. The summed E-state index contributed by atoms with van der Waals surface area (Å²) >= 11 is 1.39. The Morgan fingerprint density at radius 3 is 2.69 bits per heavy atom. The number of fused-ring (bicyclic) bond motifs is 2. The molecule has 4 rings (SSSR count). The van der Waals surface area contributed by atoms with Crippen LogP contribution in [-0.4, -0.2) is 43.6 Å². The van der Waals surface area contributed by atoms with Crippen LogP contribution in [0.1, 0.15) is 5.56 Å². The van der Waals surface area contributed by atoms with Gasteiger partial charge in [-0.05, 0) is 24.3 Å². The minimum Gasteiger partial charge on any atom is -0.349 e. The Labute approximate surface area is 154 Å². The molecule has 2 aromatic carbocycles. The van der Waals surface area contributed by atoms with Gasteiger partial charge in [0.25, 0.3) is 10.0 Å². The van der Waals surface area contributed by atoms with E-state index in [4.69, 9.17) is 0 Å². The molecule has 26 heavy (non-hydrogen) atoms. The Hall–Kier alpha value is -2.78. The molecule has 2 heterocycles. The van der Waals surface area contributed by atoms with Crippen LogP contribution >= 0.6 is 11.3 Å². The number of amidine groups is 1. The van der Waals surface area contributed by atoms with E-state index < -0.39 is 10.0 Å². The molecule has 0 unspecified atom stereocenters. The van der Waals surface area contributed by atoms with E-state index in [0.29, 0.717) is 10.7 Å². The minimum atomic E-state index is -3.71. The maximum absolute atomic E-state index is 12.3. The van der Waals surface area contributed by atoms with Gasteiger partial charge >= 0.3 is 0 Å². The topological polar surface area (TPSA) is 91.7 Å². The molecule has 1 aliphatic rings. The third-order valence-electron chi connectivity index (χ3n) is 3.90. The van der Waals surface area contributed by atoms with Gasteiger partial charge < -0.3 is 10.2 Å². The number of carbonyl (C=O) groups excluding carboxylic acids is 1. The number of para-hydroxylation sites is 1. The van der Waals surface area contributed by atoms with Gasteiger partial charge in [0.15, 0.2) is 11.0 Å². The molecule has 0 radical (unpaired) electrons. The number of thiazole rings is 1. The van der Waals surface area contributed by atoms with E-state index in [1.807, 2.05) is 24.3 Å². The Kier molecular flexibility index (Phi) is 3.97. The van der Waals surface area contributed by atoms with Gasteiger partial charge in [-0.1, -0.05) is 35.6 Å². The molecule has 0 bridgehead atoms. The average Bonchev–Trinajstić information content (AvgIpc) is 3.13. The van der Waals surface area contributed by atoms with Crippen molar-refractivity contribution in [3.05, 3.63) is 54.1 Å². The summed E-state index contributed by atoms with van der Waals surface area (Å²) in [5, 5.41) is 3.26. The zero-order chi connectivity index (χ0) is 18.3. The molecule has 1 aromatic heterocycles. The highest BCUT2D eigenvalue weighted by Gasteiger charge is 2.30. The van der Waals surface area contributed by atoms with Crippen molar-refractivity contribution in [3.8, 4) is 0 Å². The van der Waals surface area contributed by atoms with Crippen LogP contribution in [0, 0.1) is 0 Å². The van der Waals surface area contributed by atoms with Gasteiger partial charge in [0.1, 0.15) is 4.90 Å². The first kappa shape index (κ1) is 16.7. The van der Waals surface area contributed by atoms with Crippen molar-refractivity contribution < 1.29 is 13.2 Å². The van der Waals surface area contributed by atoms with Gasteiger partial charge in [0, 0.05) is 12.6 Å². The fraction of sp³-hybridized carbons (Fsp3) is 0.118. The lowest BCUT2D eigenvalue weighted by Crippen LogP contribution is -2.34. The van der Waals surface area contributed by atoms with E-state index in [-0.39, 0.29) is 23.2 Å². The summed E-state index contributed by atoms with van der Waals surface area (Å²) in [6, 6.07) is 14.2.